The Labute approximate surface area is 124 Å². The normalized spacial score (nSPS) is 21.8. The van der Waals surface area contributed by atoms with Gasteiger partial charge in [-0.25, -0.2) is 0 Å². The highest BCUT2D eigenvalue weighted by Gasteiger charge is 2.34. The van der Waals surface area contributed by atoms with Gasteiger partial charge in [0.15, 0.2) is 11.5 Å². The highest BCUT2D eigenvalue weighted by atomic mass is 79.9. The number of nitrogens with one attached hydrogen (secondary N) is 1. The molecule has 1 heterocycles. The fourth-order valence-corrected chi connectivity index (χ4v) is 3.26. The Morgan fingerprint density at radius 2 is 2.15 bits per heavy atom. The Balaban J connectivity index is 2.40. The Hall–Kier alpha value is -1.47. The summed E-state index contributed by atoms with van der Waals surface area (Å²) in [5.74, 6) is -0.372. The van der Waals surface area contributed by atoms with E-state index in [9.17, 15) is 9.90 Å². The molecule has 0 saturated carbocycles. The number of phenolic OH excluding ortho intramolecular Hbond substituents is 1. The first-order valence-electron chi connectivity index (χ1n) is 6.09. The van der Waals surface area contributed by atoms with E-state index in [1.54, 1.807) is 0 Å². The van der Waals surface area contributed by atoms with Gasteiger partial charge in [-0.15, -0.1) is 0 Å². The Kier molecular flexibility index (Phi) is 4.39. The minimum Gasteiger partial charge on any atom is -0.507 e. The summed E-state index contributed by atoms with van der Waals surface area (Å²) in [5.41, 5.74) is 0.589. The third-order valence-electron chi connectivity index (χ3n) is 3.46. The standard InChI is InChI=1S/C13H16BrNO5/c1-19-9-4-8(16)10(11(14)12(9)20-2)7-3-6(5-15-7)13(17)18/h4,6-7,15-16H,3,5H2,1-2H3,(H,17,18). The lowest BCUT2D eigenvalue weighted by Gasteiger charge is -2.19. The number of benzene rings is 1. The summed E-state index contributed by atoms with van der Waals surface area (Å²) >= 11 is 3.40. The molecule has 0 aromatic heterocycles. The predicted octanol–water partition coefficient (Wildman–Crippen LogP) is 1.91. The molecule has 1 aromatic carbocycles. The van der Waals surface area contributed by atoms with Crippen LogP contribution < -0.4 is 14.8 Å². The van der Waals surface area contributed by atoms with Crippen molar-refractivity contribution in [2.75, 3.05) is 20.8 Å². The molecule has 0 bridgehead atoms. The van der Waals surface area contributed by atoms with Gasteiger partial charge in [0.05, 0.1) is 24.6 Å². The van der Waals surface area contributed by atoms with E-state index in [0.29, 0.717) is 34.5 Å². The predicted molar refractivity (Wildman–Crippen MR) is 75.4 cm³/mol. The molecule has 1 aliphatic rings. The van der Waals surface area contributed by atoms with Crippen LogP contribution >= 0.6 is 15.9 Å². The molecule has 1 fully saturated rings. The fraction of sp³-hybridized carbons (Fsp3) is 0.462. The van der Waals surface area contributed by atoms with Gasteiger partial charge < -0.3 is 25.0 Å². The molecule has 2 rings (SSSR count). The molecule has 1 saturated heterocycles. The van der Waals surface area contributed by atoms with Gasteiger partial charge in [-0.1, -0.05) is 0 Å². The average Bonchev–Trinajstić information content (AvgIpc) is 2.87. The van der Waals surface area contributed by atoms with Gasteiger partial charge in [-0.3, -0.25) is 4.79 Å². The molecule has 20 heavy (non-hydrogen) atoms. The van der Waals surface area contributed by atoms with Gasteiger partial charge in [-0.05, 0) is 22.4 Å². The Morgan fingerprint density at radius 1 is 1.45 bits per heavy atom. The number of rotatable bonds is 4. The number of hydrogen-bond acceptors (Lipinski definition) is 5. The number of carboxylic acid groups (broad SMARTS) is 1. The summed E-state index contributed by atoms with van der Waals surface area (Å²) in [5, 5.41) is 22.3. The van der Waals surface area contributed by atoms with E-state index in [2.05, 4.69) is 21.2 Å². The molecule has 6 nitrogen and oxygen atoms in total. The van der Waals surface area contributed by atoms with Crippen molar-refractivity contribution in [1.82, 2.24) is 5.32 Å². The van der Waals surface area contributed by atoms with E-state index in [-0.39, 0.29) is 11.8 Å². The minimum absolute atomic E-state index is 0.0399. The summed E-state index contributed by atoms with van der Waals surface area (Å²) in [7, 11) is 2.99. The second-order valence-corrected chi connectivity index (χ2v) is 5.38. The van der Waals surface area contributed by atoms with E-state index < -0.39 is 11.9 Å². The van der Waals surface area contributed by atoms with Crippen LogP contribution in [0.15, 0.2) is 10.5 Å². The van der Waals surface area contributed by atoms with E-state index in [0.717, 1.165) is 0 Å². The van der Waals surface area contributed by atoms with Gasteiger partial charge in [0.25, 0.3) is 0 Å². The maximum absolute atomic E-state index is 11.0. The monoisotopic (exact) mass is 345 g/mol. The van der Waals surface area contributed by atoms with Crippen LogP contribution in [0.25, 0.3) is 0 Å². The molecular formula is C13H16BrNO5. The van der Waals surface area contributed by atoms with Gasteiger partial charge >= 0.3 is 5.97 Å². The molecule has 1 aromatic rings. The van der Waals surface area contributed by atoms with Crippen LogP contribution in [0.5, 0.6) is 17.2 Å². The van der Waals surface area contributed by atoms with E-state index in [1.807, 2.05) is 0 Å². The first-order chi connectivity index (χ1) is 9.49. The zero-order chi connectivity index (χ0) is 14.9. The number of ether oxygens (including phenoxy) is 2. The van der Waals surface area contributed by atoms with Crippen LogP contribution in [-0.4, -0.2) is 36.9 Å². The number of phenols is 1. The van der Waals surface area contributed by atoms with Crippen molar-refractivity contribution in [2.45, 2.75) is 12.5 Å². The van der Waals surface area contributed by atoms with Crippen LogP contribution in [0.4, 0.5) is 0 Å². The van der Waals surface area contributed by atoms with Gasteiger partial charge in [0.1, 0.15) is 5.75 Å². The number of methoxy groups -OCH3 is 2. The van der Waals surface area contributed by atoms with Gasteiger partial charge in [0, 0.05) is 24.2 Å². The van der Waals surface area contributed by atoms with Crippen LogP contribution in [-0.2, 0) is 4.79 Å². The molecule has 3 N–H and O–H groups in total. The molecule has 0 spiro atoms. The third kappa shape index (κ3) is 2.55. The van der Waals surface area contributed by atoms with Crippen molar-refractivity contribution in [2.24, 2.45) is 5.92 Å². The summed E-state index contributed by atoms with van der Waals surface area (Å²) in [6, 6.07) is 1.22. The van der Waals surface area contributed by atoms with E-state index in [4.69, 9.17) is 14.6 Å². The molecular weight excluding hydrogens is 330 g/mol. The zero-order valence-corrected chi connectivity index (χ0v) is 12.7. The third-order valence-corrected chi connectivity index (χ3v) is 4.24. The molecule has 2 unspecified atom stereocenters. The van der Waals surface area contributed by atoms with Crippen molar-refractivity contribution in [3.63, 3.8) is 0 Å². The molecule has 0 aliphatic carbocycles. The van der Waals surface area contributed by atoms with Crippen LogP contribution in [0.3, 0.4) is 0 Å². The summed E-state index contributed by atoms with van der Waals surface area (Å²) in [6.45, 7) is 0.375. The molecule has 0 radical (unpaired) electrons. The molecule has 1 aliphatic heterocycles. The summed E-state index contributed by atoms with van der Waals surface area (Å²) in [6.07, 6.45) is 0.414. The number of hydrogen-bond donors (Lipinski definition) is 3. The summed E-state index contributed by atoms with van der Waals surface area (Å²) in [4.78, 5) is 11.0. The summed E-state index contributed by atoms with van der Waals surface area (Å²) < 4.78 is 11.0. The highest BCUT2D eigenvalue weighted by Crippen LogP contribution is 2.47. The number of halogens is 1. The molecule has 0 amide bonds. The molecule has 110 valence electrons. The van der Waals surface area contributed by atoms with Crippen molar-refractivity contribution < 1.29 is 24.5 Å². The van der Waals surface area contributed by atoms with Crippen LogP contribution in [0.1, 0.15) is 18.0 Å². The lowest BCUT2D eigenvalue weighted by atomic mass is 9.99. The minimum atomic E-state index is -0.837. The first kappa shape index (κ1) is 14.9. The largest absolute Gasteiger partial charge is 0.507 e. The van der Waals surface area contributed by atoms with Gasteiger partial charge in [0.2, 0.25) is 0 Å². The highest BCUT2D eigenvalue weighted by molar-refractivity contribution is 9.10. The maximum Gasteiger partial charge on any atom is 0.307 e. The molecule has 7 heteroatoms. The van der Waals surface area contributed by atoms with Crippen molar-refractivity contribution in [1.29, 1.82) is 0 Å². The smallest absolute Gasteiger partial charge is 0.307 e. The Bertz CT molecular complexity index is 534. The van der Waals surface area contributed by atoms with Crippen molar-refractivity contribution in [3.8, 4) is 17.2 Å². The fourth-order valence-electron chi connectivity index (χ4n) is 2.43. The van der Waals surface area contributed by atoms with Crippen molar-refractivity contribution in [3.05, 3.63) is 16.1 Å². The SMILES string of the molecule is COc1cc(O)c(C2CC(C(=O)O)CN2)c(Br)c1OC. The second kappa shape index (κ2) is 5.88. The number of aromatic hydroxyl groups is 1. The maximum atomic E-state index is 11.0. The molecule has 2 atom stereocenters. The first-order valence-corrected chi connectivity index (χ1v) is 6.88. The van der Waals surface area contributed by atoms with Crippen LogP contribution in [0, 0.1) is 5.92 Å². The lowest BCUT2D eigenvalue weighted by molar-refractivity contribution is -0.141. The number of aliphatic carboxylic acids is 1. The average molecular weight is 346 g/mol. The van der Waals surface area contributed by atoms with Gasteiger partial charge in [-0.2, -0.15) is 0 Å². The zero-order valence-electron chi connectivity index (χ0n) is 11.1. The topological polar surface area (TPSA) is 88.0 Å². The second-order valence-electron chi connectivity index (χ2n) is 4.59. The lowest BCUT2D eigenvalue weighted by Crippen LogP contribution is -2.17. The number of carbonyl (C=O) groups is 1. The van der Waals surface area contributed by atoms with Crippen molar-refractivity contribution >= 4 is 21.9 Å². The quantitative estimate of drug-likeness (QED) is 0.772. The van der Waals surface area contributed by atoms with Crippen LogP contribution in [0.2, 0.25) is 0 Å². The Morgan fingerprint density at radius 3 is 2.65 bits per heavy atom. The number of carboxylic acids is 1. The van der Waals surface area contributed by atoms with E-state index >= 15 is 0 Å². The van der Waals surface area contributed by atoms with E-state index in [1.165, 1.54) is 20.3 Å².